The van der Waals surface area contributed by atoms with Crippen molar-refractivity contribution >= 4 is 17.2 Å². The molecule has 0 unspecified atom stereocenters. The van der Waals surface area contributed by atoms with E-state index in [1.54, 1.807) is 0 Å². The average molecular weight is 315 g/mol. The fraction of sp³-hybridized carbons (Fsp3) is 0.412. The Hall–Kier alpha value is -1.72. The minimum atomic E-state index is 0.101. The van der Waals surface area contributed by atoms with Gasteiger partial charge in [0.1, 0.15) is 9.88 Å². The van der Waals surface area contributed by atoms with Crippen LogP contribution in [0.3, 0.4) is 0 Å². The molecule has 1 fully saturated rings. The predicted molar refractivity (Wildman–Crippen MR) is 90.3 cm³/mol. The Morgan fingerprint density at radius 1 is 1.27 bits per heavy atom. The first-order chi connectivity index (χ1) is 10.7. The Morgan fingerprint density at radius 2 is 1.95 bits per heavy atom. The number of hydrogen-bond acceptors (Lipinski definition) is 4. The van der Waals surface area contributed by atoms with Crippen LogP contribution in [0.25, 0.3) is 10.6 Å². The zero-order valence-corrected chi connectivity index (χ0v) is 13.8. The minimum Gasteiger partial charge on any atom is -0.338 e. The summed E-state index contributed by atoms with van der Waals surface area (Å²) in [7, 11) is 1.92. The van der Waals surface area contributed by atoms with E-state index in [0.29, 0.717) is 6.04 Å². The van der Waals surface area contributed by atoms with Crippen LogP contribution in [0.4, 0.5) is 0 Å². The Labute approximate surface area is 135 Å². The number of benzene rings is 1. The molecule has 0 bridgehead atoms. The molecule has 116 valence electrons. The Bertz CT molecular complexity index is 647. The van der Waals surface area contributed by atoms with Crippen LogP contribution in [0.1, 0.15) is 28.2 Å². The maximum absolute atomic E-state index is 12.8. The first-order valence-electron chi connectivity index (χ1n) is 7.67. The molecule has 0 spiro atoms. The van der Waals surface area contributed by atoms with Gasteiger partial charge in [-0.3, -0.25) is 4.79 Å². The van der Waals surface area contributed by atoms with Crippen LogP contribution in [0.2, 0.25) is 0 Å². The van der Waals surface area contributed by atoms with Crippen LogP contribution >= 0.6 is 11.3 Å². The highest BCUT2D eigenvalue weighted by molar-refractivity contribution is 7.17. The maximum Gasteiger partial charge on any atom is 0.265 e. The van der Waals surface area contributed by atoms with Crippen LogP contribution in [-0.4, -0.2) is 42.0 Å². The van der Waals surface area contributed by atoms with Crippen molar-refractivity contribution in [3.8, 4) is 10.6 Å². The summed E-state index contributed by atoms with van der Waals surface area (Å²) in [5.41, 5.74) is 1.90. The van der Waals surface area contributed by atoms with Crippen molar-refractivity contribution in [1.29, 1.82) is 0 Å². The molecule has 1 aliphatic rings. The van der Waals surface area contributed by atoms with Crippen LogP contribution < -0.4 is 5.32 Å². The number of nitrogens with one attached hydrogen (secondary N) is 1. The zero-order valence-electron chi connectivity index (χ0n) is 13.0. The summed E-state index contributed by atoms with van der Waals surface area (Å²) in [6.45, 7) is 3.89. The van der Waals surface area contributed by atoms with Gasteiger partial charge in [-0.15, -0.1) is 11.3 Å². The highest BCUT2D eigenvalue weighted by atomic mass is 32.1. The Kier molecular flexibility index (Phi) is 4.55. The van der Waals surface area contributed by atoms with E-state index in [4.69, 9.17) is 0 Å². The zero-order chi connectivity index (χ0) is 15.5. The normalized spacial score (nSPS) is 15.7. The summed E-state index contributed by atoms with van der Waals surface area (Å²) in [5.74, 6) is 0.101. The van der Waals surface area contributed by atoms with Crippen LogP contribution in [0.15, 0.2) is 30.3 Å². The van der Waals surface area contributed by atoms with Gasteiger partial charge in [0.05, 0.1) is 5.69 Å². The summed E-state index contributed by atoms with van der Waals surface area (Å²) in [6.07, 6.45) is 2.04. The summed E-state index contributed by atoms with van der Waals surface area (Å²) in [4.78, 5) is 20.0. The maximum atomic E-state index is 12.8. The molecule has 1 aromatic heterocycles. The van der Waals surface area contributed by atoms with Crippen molar-refractivity contribution in [3.63, 3.8) is 0 Å². The third-order valence-corrected chi connectivity index (χ3v) is 5.38. The summed E-state index contributed by atoms with van der Waals surface area (Å²) >= 11 is 1.50. The smallest absolute Gasteiger partial charge is 0.265 e. The van der Waals surface area contributed by atoms with Crippen molar-refractivity contribution in [1.82, 2.24) is 15.2 Å². The highest BCUT2D eigenvalue weighted by Gasteiger charge is 2.26. The van der Waals surface area contributed by atoms with Crippen molar-refractivity contribution in [3.05, 3.63) is 40.9 Å². The quantitative estimate of drug-likeness (QED) is 0.947. The number of carbonyl (C=O) groups is 1. The van der Waals surface area contributed by atoms with E-state index in [2.05, 4.69) is 10.3 Å². The lowest BCUT2D eigenvalue weighted by atomic mass is 10.1. The lowest BCUT2D eigenvalue weighted by molar-refractivity contribution is 0.0707. The number of thiazole rings is 1. The largest absolute Gasteiger partial charge is 0.338 e. The molecule has 1 aliphatic heterocycles. The summed E-state index contributed by atoms with van der Waals surface area (Å²) < 4.78 is 0. The monoisotopic (exact) mass is 315 g/mol. The lowest BCUT2D eigenvalue weighted by Gasteiger charge is -2.31. The van der Waals surface area contributed by atoms with E-state index in [9.17, 15) is 4.79 Å². The fourth-order valence-electron chi connectivity index (χ4n) is 2.82. The standard InChI is InChI=1S/C17H21N3OS/c1-12-15(17(21)20(2)14-8-10-18-11-9-14)22-16(19-12)13-6-4-3-5-7-13/h3-7,14,18H,8-11H2,1-2H3. The number of aromatic nitrogens is 1. The Balaban J connectivity index is 1.82. The molecule has 0 saturated carbocycles. The van der Waals surface area contributed by atoms with Gasteiger partial charge in [-0.25, -0.2) is 4.98 Å². The third kappa shape index (κ3) is 3.05. The molecular weight excluding hydrogens is 294 g/mol. The molecular formula is C17H21N3OS. The van der Waals surface area contributed by atoms with Gasteiger partial charge in [-0.1, -0.05) is 30.3 Å². The summed E-state index contributed by atoms with van der Waals surface area (Å²) in [5, 5.41) is 4.25. The van der Waals surface area contributed by atoms with Gasteiger partial charge in [0.15, 0.2) is 0 Å². The van der Waals surface area contributed by atoms with Crippen LogP contribution in [0.5, 0.6) is 0 Å². The number of aryl methyl sites for hydroxylation is 1. The number of carbonyl (C=O) groups excluding carboxylic acids is 1. The van der Waals surface area contributed by atoms with Gasteiger partial charge in [0, 0.05) is 18.7 Å². The molecule has 0 radical (unpaired) electrons. The molecule has 2 aromatic rings. The van der Waals surface area contributed by atoms with E-state index in [-0.39, 0.29) is 5.91 Å². The number of amides is 1. The van der Waals surface area contributed by atoms with E-state index in [0.717, 1.165) is 47.1 Å². The average Bonchev–Trinajstić information content (AvgIpc) is 2.97. The van der Waals surface area contributed by atoms with E-state index >= 15 is 0 Å². The Morgan fingerprint density at radius 3 is 2.64 bits per heavy atom. The van der Waals surface area contributed by atoms with Gasteiger partial charge >= 0.3 is 0 Å². The van der Waals surface area contributed by atoms with E-state index < -0.39 is 0 Å². The molecule has 1 N–H and O–H groups in total. The number of rotatable bonds is 3. The van der Waals surface area contributed by atoms with Crippen molar-refractivity contribution in [2.24, 2.45) is 0 Å². The van der Waals surface area contributed by atoms with E-state index in [1.165, 1.54) is 11.3 Å². The second kappa shape index (κ2) is 6.58. The molecule has 1 amide bonds. The van der Waals surface area contributed by atoms with Gasteiger partial charge in [-0.2, -0.15) is 0 Å². The van der Waals surface area contributed by atoms with Gasteiger partial charge in [0.2, 0.25) is 0 Å². The minimum absolute atomic E-state index is 0.101. The first-order valence-corrected chi connectivity index (χ1v) is 8.49. The second-order valence-electron chi connectivity index (χ2n) is 5.70. The molecule has 0 aliphatic carbocycles. The molecule has 2 heterocycles. The molecule has 22 heavy (non-hydrogen) atoms. The van der Waals surface area contributed by atoms with Crippen molar-refractivity contribution < 1.29 is 4.79 Å². The van der Waals surface area contributed by atoms with Gasteiger partial charge in [0.25, 0.3) is 5.91 Å². The predicted octanol–water partition coefficient (Wildman–Crippen LogP) is 2.94. The lowest BCUT2D eigenvalue weighted by Crippen LogP contribution is -2.43. The first kappa shape index (κ1) is 15.2. The van der Waals surface area contributed by atoms with Crippen LogP contribution in [0, 0.1) is 6.92 Å². The summed E-state index contributed by atoms with van der Waals surface area (Å²) in [6, 6.07) is 10.4. The van der Waals surface area contributed by atoms with Gasteiger partial charge < -0.3 is 10.2 Å². The number of nitrogens with zero attached hydrogens (tertiary/aromatic N) is 2. The fourth-order valence-corrected chi connectivity index (χ4v) is 3.87. The number of piperidine rings is 1. The molecule has 1 aromatic carbocycles. The van der Waals surface area contributed by atoms with Crippen molar-refractivity contribution in [2.45, 2.75) is 25.8 Å². The number of hydrogen-bond donors (Lipinski definition) is 1. The molecule has 0 atom stereocenters. The molecule has 3 rings (SSSR count). The van der Waals surface area contributed by atoms with Crippen LogP contribution in [-0.2, 0) is 0 Å². The van der Waals surface area contributed by atoms with Crippen molar-refractivity contribution in [2.75, 3.05) is 20.1 Å². The molecule has 5 heteroatoms. The molecule has 4 nitrogen and oxygen atoms in total. The van der Waals surface area contributed by atoms with E-state index in [1.807, 2.05) is 49.2 Å². The molecule has 1 saturated heterocycles. The SMILES string of the molecule is Cc1nc(-c2ccccc2)sc1C(=O)N(C)C1CCNCC1. The topological polar surface area (TPSA) is 45.2 Å². The van der Waals surface area contributed by atoms with Gasteiger partial charge in [-0.05, 0) is 32.9 Å². The third-order valence-electron chi connectivity index (χ3n) is 4.19. The second-order valence-corrected chi connectivity index (χ2v) is 6.70. The highest BCUT2D eigenvalue weighted by Crippen LogP contribution is 2.29.